The molecular formula is C26H23F3N4O4. The topological polar surface area (TPSA) is 102 Å². The fourth-order valence-corrected chi connectivity index (χ4v) is 4.50. The molecule has 192 valence electrons. The number of nitrogens with zero attached hydrogens (tertiary/aromatic N) is 2. The van der Waals surface area contributed by atoms with Crippen LogP contribution in [0.5, 0.6) is 5.75 Å². The number of carbonyl (C=O) groups excluding carboxylic acids is 2. The van der Waals surface area contributed by atoms with Gasteiger partial charge in [0.25, 0.3) is 5.91 Å². The summed E-state index contributed by atoms with van der Waals surface area (Å²) in [6, 6.07) is 11.3. The van der Waals surface area contributed by atoms with Crippen molar-refractivity contribution in [1.29, 1.82) is 0 Å². The molecule has 0 aliphatic carbocycles. The van der Waals surface area contributed by atoms with Gasteiger partial charge >= 0.3 is 6.18 Å². The molecule has 11 heteroatoms. The maximum atomic E-state index is 13.0. The Kier molecular flexibility index (Phi) is 6.32. The van der Waals surface area contributed by atoms with Crippen LogP contribution in [-0.2, 0) is 15.7 Å². The Hall–Kier alpha value is -3.99. The highest BCUT2D eigenvalue weighted by molar-refractivity contribution is 6.04. The number of aryl methyl sites for hydroxylation is 1. The highest BCUT2D eigenvalue weighted by atomic mass is 19.4. The quantitative estimate of drug-likeness (QED) is 0.513. The lowest BCUT2D eigenvalue weighted by Gasteiger charge is -2.35. The van der Waals surface area contributed by atoms with Crippen LogP contribution in [0.4, 0.5) is 24.5 Å². The number of hydrogen-bond donors (Lipinski definition) is 2. The van der Waals surface area contributed by atoms with Crippen molar-refractivity contribution in [2.75, 3.05) is 23.8 Å². The average Bonchev–Trinajstić information content (AvgIpc) is 2.99. The summed E-state index contributed by atoms with van der Waals surface area (Å²) in [5, 5.41) is 11.9. The van der Waals surface area contributed by atoms with Gasteiger partial charge in [-0.05, 0) is 53.9 Å². The fraction of sp³-hybridized carbons (Fsp3) is 0.308. The molecule has 0 unspecified atom stereocenters. The standard InChI is InChI=1S/C26H23F3N4O4/c1-15-2-4-18(31-24(35)17-11-22(26(27,28)29)33-30-14-17)12-19(15)16-3-5-20-21(10-16)37-25(13-23(34)32-20)6-8-36-9-7-25/h2-5,10-12,14H,6-9,13H2,1H3,(H,31,35)(H,32,34). The van der Waals surface area contributed by atoms with Crippen LogP contribution in [-0.4, -0.2) is 40.8 Å². The van der Waals surface area contributed by atoms with E-state index in [2.05, 4.69) is 20.8 Å². The molecule has 37 heavy (non-hydrogen) atoms. The highest BCUT2D eigenvalue weighted by Gasteiger charge is 2.40. The number of ether oxygens (including phenoxy) is 2. The van der Waals surface area contributed by atoms with E-state index >= 15 is 0 Å². The van der Waals surface area contributed by atoms with Gasteiger partial charge in [-0.25, -0.2) is 0 Å². The van der Waals surface area contributed by atoms with Gasteiger partial charge in [-0.15, -0.1) is 5.10 Å². The minimum absolute atomic E-state index is 0.117. The largest absolute Gasteiger partial charge is 0.484 e. The van der Waals surface area contributed by atoms with Gasteiger partial charge in [0.1, 0.15) is 11.4 Å². The zero-order valence-corrected chi connectivity index (χ0v) is 19.8. The van der Waals surface area contributed by atoms with Crippen molar-refractivity contribution < 1.29 is 32.2 Å². The first-order valence-corrected chi connectivity index (χ1v) is 11.6. The molecule has 1 fully saturated rings. The normalized spacial score (nSPS) is 16.8. The molecule has 8 nitrogen and oxygen atoms in total. The summed E-state index contributed by atoms with van der Waals surface area (Å²) in [7, 11) is 0. The Morgan fingerprint density at radius 3 is 2.65 bits per heavy atom. The van der Waals surface area contributed by atoms with Crippen LogP contribution in [0.15, 0.2) is 48.7 Å². The zero-order valence-electron chi connectivity index (χ0n) is 19.8. The molecule has 5 rings (SSSR count). The Morgan fingerprint density at radius 2 is 1.89 bits per heavy atom. The molecule has 1 spiro atoms. The predicted molar refractivity (Wildman–Crippen MR) is 128 cm³/mol. The molecule has 0 atom stereocenters. The summed E-state index contributed by atoms with van der Waals surface area (Å²) >= 11 is 0. The first kappa shape index (κ1) is 24.7. The van der Waals surface area contributed by atoms with Crippen molar-refractivity contribution >= 4 is 23.2 Å². The lowest BCUT2D eigenvalue weighted by molar-refractivity contribution is -0.141. The first-order chi connectivity index (χ1) is 17.6. The van der Waals surface area contributed by atoms with Gasteiger partial charge in [-0.3, -0.25) is 9.59 Å². The van der Waals surface area contributed by atoms with Crippen LogP contribution in [0.1, 0.15) is 40.9 Å². The number of halogens is 3. The molecular weight excluding hydrogens is 489 g/mol. The summed E-state index contributed by atoms with van der Waals surface area (Å²) < 4.78 is 50.7. The summed E-state index contributed by atoms with van der Waals surface area (Å²) in [4.78, 5) is 25.2. The van der Waals surface area contributed by atoms with E-state index in [1.54, 1.807) is 24.3 Å². The zero-order chi connectivity index (χ0) is 26.2. The van der Waals surface area contributed by atoms with Crippen LogP contribution in [0.3, 0.4) is 0 Å². The van der Waals surface area contributed by atoms with Gasteiger partial charge in [0, 0.05) is 18.5 Å². The van der Waals surface area contributed by atoms with Gasteiger partial charge in [-0.2, -0.15) is 18.3 Å². The summed E-state index contributed by atoms with van der Waals surface area (Å²) in [5.74, 6) is -0.320. The average molecular weight is 512 g/mol. The van der Waals surface area contributed by atoms with Crippen molar-refractivity contribution in [3.63, 3.8) is 0 Å². The highest BCUT2D eigenvalue weighted by Crippen LogP contribution is 2.41. The molecule has 0 radical (unpaired) electrons. The molecule has 2 N–H and O–H groups in total. The van der Waals surface area contributed by atoms with E-state index in [1.165, 1.54) is 0 Å². The summed E-state index contributed by atoms with van der Waals surface area (Å²) in [5.41, 5.74) is 1.29. The molecule has 2 aliphatic heterocycles. The van der Waals surface area contributed by atoms with E-state index in [1.807, 2.05) is 19.1 Å². The Bertz CT molecular complexity index is 1370. The van der Waals surface area contributed by atoms with Crippen molar-refractivity contribution in [3.8, 4) is 16.9 Å². The molecule has 1 saturated heterocycles. The van der Waals surface area contributed by atoms with Gasteiger partial charge in [0.05, 0.1) is 37.1 Å². The third-order valence-electron chi connectivity index (χ3n) is 6.48. The monoisotopic (exact) mass is 512 g/mol. The Balaban J connectivity index is 1.43. The number of amides is 2. The second-order valence-electron chi connectivity index (χ2n) is 9.14. The van der Waals surface area contributed by atoms with E-state index in [0.717, 1.165) is 22.9 Å². The SMILES string of the molecule is Cc1ccc(NC(=O)c2cnnc(C(F)(F)F)c2)cc1-c1ccc2c(c1)OC1(CCOCC1)CC(=O)N2. The molecule has 3 aromatic rings. The van der Waals surface area contributed by atoms with Gasteiger partial charge in [0.15, 0.2) is 5.69 Å². The minimum Gasteiger partial charge on any atom is -0.484 e. The van der Waals surface area contributed by atoms with E-state index in [-0.39, 0.29) is 17.9 Å². The molecule has 2 aromatic carbocycles. The number of benzene rings is 2. The van der Waals surface area contributed by atoms with Crippen LogP contribution < -0.4 is 15.4 Å². The molecule has 0 saturated carbocycles. The third kappa shape index (κ3) is 5.26. The maximum Gasteiger partial charge on any atom is 0.435 e. The molecule has 2 aliphatic rings. The van der Waals surface area contributed by atoms with Gasteiger partial charge in [-0.1, -0.05) is 12.1 Å². The number of nitrogens with one attached hydrogen (secondary N) is 2. The van der Waals surface area contributed by atoms with Crippen LogP contribution in [0.25, 0.3) is 11.1 Å². The van der Waals surface area contributed by atoms with Crippen LogP contribution in [0.2, 0.25) is 0 Å². The lowest BCUT2D eigenvalue weighted by atomic mass is 9.90. The number of fused-ring (bicyclic) bond motifs is 1. The Labute approximate surface area is 210 Å². The predicted octanol–water partition coefficient (Wildman–Crippen LogP) is 4.99. The maximum absolute atomic E-state index is 13.0. The van der Waals surface area contributed by atoms with Gasteiger partial charge < -0.3 is 20.1 Å². The summed E-state index contributed by atoms with van der Waals surface area (Å²) in [6.45, 7) is 2.93. The molecule has 3 heterocycles. The van der Waals surface area contributed by atoms with Crippen LogP contribution in [0, 0.1) is 6.92 Å². The lowest BCUT2D eigenvalue weighted by Crippen LogP contribution is -2.43. The van der Waals surface area contributed by atoms with E-state index in [4.69, 9.17) is 9.47 Å². The minimum atomic E-state index is -4.71. The third-order valence-corrected chi connectivity index (χ3v) is 6.48. The fourth-order valence-electron chi connectivity index (χ4n) is 4.50. The number of alkyl halides is 3. The molecule has 2 amide bonds. The summed E-state index contributed by atoms with van der Waals surface area (Å²) in [6.07, 6.45) is -2.30. The first-order valence-electron chi connectivity index (χ1n) is 11.6. The number of carbonyl (C=O) groups is 2. The second-order valence-corrected chi connectivity index (χ2v) is 9.14. The van der Waals surface area contributed by atoms with Crippen molar-refractivity contribution in [2.24, 2.45) is 0 Å². The smallest absolute Gasteiger partial charge is 0.435 e. The number of anilines is 2. The van der Waals surface area contributed by atoms with Crippen molar-refractivity contribution in [2.45, 2.75) is 38.0 Å². The number of hydrogen-bond acceptors (Lipinski definition) is 6. The second kappa shape index (κ2) is 9.47. The van der Waals surface area contributed by atoms with Gasteiger partial charge in [0.2, 0.25) is 5.91 Å². The number of aromatic nitrogens is 2. The molecule has 1 aromatic heterocycles. The van der Waals surface area contributed by atoms with Crippen LogP contribution >= 0.6 is 0 Å². The Morgan fingerprint density at radius 1 is 1.11 bits per heavy atom. The van der Waals surface area contributed by atoms with E-state index in [0.29, 0.717) is 49.2 Å². The van der Waals surface area contributed by atoms with E-state index < -0.39 is 23.4 Å². The van der Waals surface area contributed by atoms with E-state index in [9.17, 15) is 22.8 Å². The number of rotatable bonds is 3. The van der Waals surface area contributed by atoms with Crippen molar-refractivity contribution in [3.05, 3.63) is 65.5 Å². The molecule has 0 bridgehead atoms. The van der Waals surface area contributed by atoms with Crippen molar-refractivity contribution in [1.82, 2.24) is 10.2 Å².